The Morgan fingerprint density at radius 2 is 1.58 bits per heavy atom. The summed E-state index contributed by atoms with van der Waals surface area (Å²) in [6, 6.07) is 16.5. The predicted octanol–water partition coefficient (Wildman–Crippen LogP) is 3.78. The molecule has 4 aromatic rings. The van der Waals surface area contributed by atoms with Crippen LogP contribution in [0.1, 0.15) is 0 Å². The number of nitrogens with zero attached hydrogens (tertiary/aromatic N) is 2. The van der Waals surface area contributed by atoms with Crippen molar-refractivity contribution in [2.45, 2.75) is 0 Å². The molecule has 3 nitrogen and oxygen atoms in total. The number of imidazole rings is 1. The number of pyridine rings is 1. The minimum Gasteiger partial charge on any atom is -0.338 e. The summed E-state index contributed by atoms with van der Waals surface area (Å²) in [5.41, 5.74) is 3.10. The van der Waals surface area contributed by atoms with Crippen LogP contribution in [0.25, 0.3) is 33.2 Å². The Hall–Kier alpha value is -2.68. The number of hydrogen-bond acceptors (Lipinski definition) is 2. The van der Waals surface area contributed by atoms with E-state index in [4.69, 9.17) is 0 Å². The van der Waals surface area contributed by atoms with Gasteiger partial charge in [-0.25, -0.2) is 4.98 Å². The van der Waals surface area contributed by atoms with E-state index in [2.05, 4.69) is 39.2 Å². The molecule has 0 unspecified atom stereocenters. The van der Waals surface area contributed by atoms with Crippen molar-refractivity contribution in [2.24, 2.45) is 0 Å². The second-order valence-corrected chi connectivity index (χ2v) is 4.54. The Labute approximate surface area is 110 Å². The molecule has 0 amide bonds. The zero-order valence-corrected chi connectivity index (χ0v) is 10.2. The summed E-state index contributed by atoms with van der Waals surface area (Å²) in [7, 11) is 0. The molecule has 2 aromatic carbocycles. The largest absolute Gasteiger partial charge is 0.338 e. The van der Waals surface area contributed by atoms with E-state index < -0.39 is 0 Å². The van der Waals surface area contributed by atoms with Gasteiger partial charge in [0, 0.05) is 18.0 Å². The van der Waals surface area contributed by atoms with Crippen LogP contribution in [-0.4, -0.2) is 15.0 Å². The van der Waals surface area contributed by atoms with E-state index in [-0.39, 0.29) is 0 Å². The summed E-state index contributed by atoms with van der Waals surface area (Å²) in [5.74, 6) is 0.882. The number of fused-ring (bicyclic) bond motifs is 2. The first kappa shape index (κ1) is 10.3. The van der Waals surface area contributed by atoms with Crippen LogP contribution in [0.4, 0.5) is 0 Å². The number of rotatable bonds is 1. The van der Waals surface area contributed by atoms with Crippen LogP contribution in [-0.2, 0) is 0 Å². The average Bonchev–Trinajstić information content (AvgIpc) is 2.88. The average molecular weight is 245 g/mol. The molecule has 0 spiro atoms. The number of nitrogens with one attached hydrogen (secondary N) is 1. The van der Waals surface area contributed by atoms with Crippen molar-refractivity contribution in [2.75, 3.05) is 0 Å². The monoisotopic (exact) mass is 245 g/mol. The van der Waals surface area contributed by atoms with Crippen molar-refractivity contribution < 1.29 is 0 Å². The highest BCUT2D eigenvalue weighted by molar-refractivity contribution is 5.96. The van der Waals surface area contributed by atoms with Gasteiger partial charge in [0.25, 0.3) is 0 Å². The molecule has 0 saturated carbocycles. The van der Waals surface area contributed by atoms with E-state index in [1.165, 1.54) is 10.8 Å². The topological polar surface area (TPSA) is 41.6 Å². The molecular weight excluding hydrogens is 234 g/mol. The molecule has 1 N–H and O–H groups in total. The molecule has 0 saturated heterocycles. The van der Waals surface area contributed by atoms with Crippen molar-refractivity contribution in [1.82, 2.24) is 15.0 Å². The normalized spacial score (nSPS) is 11.2. The summed E-state index contributed by atoms with van der Waals surface area (Å²) in [6.45, 7) is 0. The lowest BCUT2D eigenvalue weighted by atomic mass is 10.1. The molecule has 90 valence electrons. The molecule has 0 aliphatic heterocycles. The zero-order valence-electron chi connectivity index (χ0n) is 10.2. The van der Waals surface area contributed by atoms with E-state index in [9.17, 15) is 0 Å². The van der Waals surface area contributed by atoms with Gasteiger partial charge in [-0.1, -0.05) is 24.3 Å². The van der Waals surface area contributed by atoms with Crippen LogP contribution in [0.3, 0.4) is 0 Å². The van der Waals surface area contributed by atoms with E-state index in [0.29, 0.717) is 0 Å². The van der Waals surface area contributed by atoms with Crippen molar-refractivity contribution in [3.05, 3.63) is 60.9 Å². The molecule has 0 aliphatic carbocycles. The Bertz CT molecular complexity index is 810. The fourth-order valence-corrected chi connectivity index (χ4v) is 2.34. The molecule has 4 rings (SSSR count). The van der Waals surface area contributed by atoms with Gasteiger partial charge in [0.2, 0.25) is 0 Å². The first-order valence-corrected chi connectivity index (χ1v) is 6.19. The minimum absolute atomic E-state index is 0.882. The second-order valence-electron chi connectivity index (χ2n) is 4.54. The fourth-order valence-electron chi connectivity index (χ4n) is 2.34. The Morgan fingerprint density at radius 3 is 2.37 bits per heavy atom. The van der Waals surface area contributed by atoms with E-state index in [0.717, 1.165) is 22.4 Å². The maximum atomic E-state index is 4.65. The molecule has 0 bridgehead atoms. The standard InChI is InChI=1S/C16H11N3/c1-2-4-13-10-15-14(9-12(13)3-1)18-16(19-15)11-5-7-17-8-6-11/h1-10H,(H,18,19). The summed E-state index contributed by atoms with van der Waals surface area (Å²) >= 11 is 0. The maximum Gasteiger partial charge on any atom is 0.138 e. The van der Waals surface area contributed by atoms with Gasteiger partial charge in [-0.15, -0.1) is 0 Å². The molecule has 2 heterocycles. The summed E-state index contributed by atoms with van der Waals surface area (Å²) < 4.78 is 0. The lowest BCUT2D eigenvalue weighted by Crippen LogP contribution is -1.79. The first-order valence-electron chi connectivity index (χ1n) is 6.19. The highest BCUT2D eigenvalue weighted by Crippen LogP contribution is 2.24. The van der Waals surface area contributed by atoms with Gasteiger partial charge in [0.1, 0.15) is 5.82 Å². The molecule has 0 atom stereocenters. The van der Waals surface area contributed by atoms with Gasteiger partial charge in [-0.3, -0.25) is 4.98 Å². The van der Waals surface area contributed by atoms with Crippen molar-refractivity contribution in [3.8, 4) is 11.4 Å². The summed E-state index contributed by atoms with van der Waals surface area (Å²) in [6.07, 6.45) is 3.55. The van der Waals surface area contributed by atoms with Crippen LogP contribution in [0.5, 0.6) is 0 Å². The Balaban J connectivity index is 1.98. The minimum atomic E-state index is 0.882. The lowest BCUT2D eigenvalue weighted by molar-refractivity contribution is 1.28. The Morgan fingerprint density at radius 1 is 0.842 bits per heavy atom. The van der Waals surface area contributed by atoms with Gasteiger partial charge in [-0.2, -0.15) is 0 Å². The second kappa shape index (κ2) is 3.92. The molecular formula is C16H11N3. The van der Waals surface area contributed by atoms with E-state index >= 15 is 0 Å². The van der Waals surface area contributed by atoms with Crippen LogP contribution < -0.4 is 0 Å². The van der Waals surface area contributed by atoms with Gasteiger partial charge < -0.3 is 4.98 Å². The van der Waals surface area contributed by atoms with Crippen LogP contribution in [0, 0.1) is 0 Å². The zero-order chi connectivity index (χ0) is 12.7. The van der Waals surface area contributed by atoms with Crippen LogP contribution >= 0.6 is 0 Å². The number of benzene rings is 2. The summed E-state index contributed by atoms with van der Waals surface area (Å²) in [5, 5.41) is 2.43. The summed E-state index contributed by atoms with van der Waals surface area (Å²) in [4.78, 5) is 12.0. The quantitative estimate of drug-likeness (QED) is 0.554. The maximum absolute atomic E-state index is 4.65. The van der Waals surface area contributed by atoms with Crippen LogP contribution in [0.2, 0.25) is 0 Å². The third-order valence-electron chi connectivity index (χ3n) is 3.30. The molecule has 0 aliphatic rings. The van der Waals surface area contributed by atoms with Gasteiger partial charge in [0.05, 0.1) is 11.0 Å². The van der Waals surface area contributed by atoms with E-state index in [1.54, 1.807) is 12.4 Å². The van der Waals surface area contributed by atoms with Crippen molar-refractivity contribution in [3.63, 3.8) is 0 Å². The molecule has 0 radical (unpaired) electrons. The molecule has 19 heavy (non-hydrogen) atoms. The SMILES string of the molecule is c1ccc2cc3[nH]c(-c4ccncc4)nc3cc2c1. The molecule has 2 aromatic heterocycles. The number of aromatic nitrogens is 3. The third kappa shape index (κ3) is 1.67. The highest BCUT2D eigenvalue weighted by atomic mass is 14.9. The third-order valence-corrected chi connectivity index (χ3v) is 3.30. The number of hydrogen-bond donors (Lipinski definition) is 1. The smallest absolute Gasteiger partial charge is 0.138 e. The number of H-pyrrole nitrogens is 1. The molecule has 3 heteroatoms. The van der Waals surface area contributed by atoms with Crippen molar-refractivity contribution in [1.29, 1.82) is 0 Å². The molecule has 0 fully saturated rings. The highest BCUT2D eigenvalue weighted by Gasteiger charge is 2.05. The first-order chi connectivity index (χ1) is 9.40. The van der Waals surface area contributed by atoms with Crippen molar-refractivity contribution >= 4 is 21.8 Å². The Kier molecular flexibility index (Phi) is 2.12. The number of aromatic amines is 1. The van der Waals surface area contributed by atoms with E-state index in [1.807, 2.05) is 24.3 Å². The predicted molar refractivity (Wildman–Crippen MR) is 76.8 cm³/mol. The van der Waals surface area contributed by atoms with Gasteiger partial charge in [0.15, 0.2) is 0 Å². The van der Waals surface area contributed by atoms with Gasteiger partial charge >= 0.3 is 0 Å². The fraction of sp³-hybridized carbons (Fsp3) is 0. The van der Waals surface area contributed by atoms with Gasteiger partial charge in [-0.05, 0) is 35.0 Å². The van der Waals surface area contributed by atoms with Crippen LogP contribution in [0.15, 0.2) is 60.9 Å². The lowest BCUT2D eigenvalue weighted by Gasteiger charge is -1.95.